The van der Waals surface area contributed by atoms with Crippen molar-refractivity contribution >= 4 is 56.8 Å². The summed E-state index contributed by atoms with van der Waals surface area (Å²) >= 11 is 10.6. The van der Waals surface area contributed by atoms with Crippen molar-refractivity contribution in [2.45, 2.75) is 4.90 Å². The summed E-state index contributed by atoms with van der Waals surface area (Å²) in [6.45, 7) is -0.0731. The summed E-state index contributed by atoms with van der Waals surface area (Å²) in [4.78, 5) is 24.5. The average molecular weight is 414 g/mol. The van der Waals surface area contributed by atoms with Crippen LogP contribution in [0.25, 0.3) is 0 Å². The number of anilines is 1. The van der Waals surface area contributed by atoms with Crippen molar-refractivity contribution in [3.8, 4) is 0 Å². The molecule has 0 aliphatic rings. The Morgan fingerprint density at radius 3 is 2.61 bits per heavy atom. The van der Waals surface area contributed by atoms with Gasteiger partial charge in [0, 0.05) is 14.4 Å². The van der Waals surface area contributed by atoms with E-state index in [2.05, 4.69) is 26.6 Å². The molecule has 2 aromatic carbocycles. The molecule has 0 radical (unpaired) electrons. The van der Waals surface area contributed by atoms with Gasteiger partial charge in [-0.05, 0) is 46.3 Å². The zero-order valence-electron chi connectivity index (χ0n) is 12.0. The minimum absolute atomic E-state index is 0.0731. The van der Waals surface area contributed by atoms with E-state index >= 15 is 0 Å². The van der Waals surface area contributed by atoms with Crippen molar-refractivity contribution in [2.75, 3.05) is 17.6 Å². The Hall–Kier alpha value is -1.50. The maximum Gasteiger partial charge on any atom is 0.243 e. The Bertz CT molecular complexity index is 712. The first-order chi connectivity index (χ1) is 11.0. The SMILES string of the molecule is O=C(CSc1cccc(Cl)c1)NCC(=O)Nc1ccccc1Br. The Morgan fingerprint density at radius 2 is 1.87 bits per heavy atom. The first-order valence-corrected chi connectivity index (χ1v) is 8.89. The third-order valence-electron chi connectivity index (χ3n) is 2.76. The number of halogens is 2. The van der Waals surface area contributed by atoms with Gasteiger partial charge in [0.15, 0.2) is 0 Å². The number of benzene rings is 2. The fourth-order valence-corrected chi connectivity index (χ4v) is 3.12. The second kappa shape index (κ2) is 8.96. The zero-order valence-corrected chi connectivity index (χ0v) is 15.2. The van der Waals surface area contributed by atoms with Crippen LogP contribution in [0.5, 0.6) is 0 Å². The summed E-state index contributed by atoms with van der Waals surface area (Å²) < 4.78 is 0.788. The molecule has 0 spiro atoms. The molecule has 0 fully saturated rings. The normalized spacial score (nSPS) is 10.2. The summed E-state index contributed by atoms with van der Waals surface area (Å²) in [5.74, 6) is -0.266. The first kappa shape index (κ1) is 17.8. The summed E-state index contributed by atoms with van der Waals surface area (Å²) in [5.41, 5.74) is 0.667. The van der Waals surface area contributed by atoms with Crippen LogP contribution in [0.2, 0.25) is 5.02 Å². The van der Waals surface area contributed by atoms with Crippen LogP contribution in [0.1, 0.15) is 0 Å². The number of rotatable bonds is 6. The van der Waals surface area contributed by atoms with E-state index in [0.29, 0.717) is 10.7 Å². The highest BCUT2D eigenvalue weighted by Gasteiger charge is 2.08. The fourth-order valence-electron chi connectivity index (χ4n) is 1.69. The standard InChI is InChI=1S/C16H14BrClN2O2S/c17-13-6-1-2-7-14(13)20-15(21)9-19-16(22)10-23-12-5-3-4-11(18)8-12/h1-8H,9-10H2,(H,19,22)(H,20,21). The molecule has 2 aromatic rings. The first-order valence-electron chi connectivity index (χ1n) is 6.74. The highest BCUT2D eigenvalue weighted by atomic mass is 79.9. The van der Waals surface area contributed by atoms with E-state index in [1.807, 2.05) is 30.3 Å². The molecule has 0 bridgehead atoms. The lowest BCUT2D eigenvalue weighted by molar-refractivity contribution is -0.122. The molecule has 23 heavy (non-hydrogen) atoms. The molecule has 2 rings (SSSR count). The lowest BCUT2D eigenvalue weighted by Gasteiger charge is -2.08. The molecule has 2 amide bonds. The van der Waals surface area contributed by atoms with Gasteiger partial charge in [0.2, 0.25) is 11.8 Å². The predicted molar refractivity (Wildman–Crippen MR) is 98.0 cm³/mol. The van der Waals surface area contributed by atoms with Crippen molar-refractivity contribution in [1.29, 1.82) is 0 Å². The molecule has 0 aliphatic heterocycles. The Morgan fingerprint density at radius 1 is 1.09 bits per heavy atom. The summed E-state index contributed by atoms with van der Waals surface area (Å²) in [6, 6.07) is 14.6. The third-order valence-corrected chi connectivity index (χ3v) is 4.68. The van der Waals surface area contributed by atoms with Gasteiger partial charge in [0.05, 0.1) is 18.0 Å². The smallest absolute Gasteiger partial charge is 0.243 e. The van der Waals surface area contributed by atoms with E-state index in [9.17, 15) is 9.59 Å². The monoisotopic (exact) mass is 412 g/mol. The van der Waals surface area contributed by atoms with E-state index < -0.39 is 0 Å². The molecule has 120 valence electrons. The molecule has 4 nitrogen and oxygen atoms in total. The lowest BCUT2D eigenvalue weighted by atomic mass is 10.3. The van der Waals surface area contributed by atoms with Gasteiger partial charge < -0.3 is 10.6 Å². The minimum Gasteiger partial charge on any atom is -0.346 e. The molecule has 0 aliphatic carbocycles. The molecular formula is C16H14BrClN2O2S. The van der Waals surface area contributed by atoms with Gasteiger partial charge in [0.25, 0.3) is 0 Å². The summed E-state index contributed by atoms with van der Waals surface area (Å²) in [7, 11) is 0. The summed E-state index contributed by atoms with van der Waals surface area (Å²) in [6.07, 6.45) is 0. The van der Waals surface area contributed by atoms with Crippen molar-refractivity contribution in [1.82, 2.24) is 5.32 Å². The van der Waals surface area contributed by atoms with Crippen molar-refractivity contribution in [3.05, 3.63) is 58.0 Å². The third kappa shape index (κ3) is 6.25. The van der Waals surface area contributed by atoms with Crippen molar-refractivity contribution < 1.29 is 9.59 Å². The molecule has 0 aromatic heterocycles. The molecule has 0 saturated heterocycles. The maximum atomic E-state index is 11.8. The molecule has 0 atom stereocenters. The quantitative estimate of drug-likeness (QED) is 0.705. The Labute approximate surface area is 152 Å². The van der Waals surface area contributed by atoms with Gasteiger partial charge in [-0.2, -0.15) is 0 Å². The number of thioether (sulfide) groups is 1. The molecule has 0 heterocycles. The van der Waals surface area contributed by atoms with Crippen LogP contribution in [0.15, 0.2) is 57.9 Å². The van der Waals surface area contributed by atoms with Gasteiger partial charge in [-0.1, -0.05) is 29.8 Å². The lowest BCUT2D eigenvalue weighted by Crippen LogP contribution is -2.33. The molecular weight excluding hydrogens is 400 g/mol. The molecule has 2 N–H and O–H groups in total. The highest BCUT2D eigenvalue weighted by Crippen LogP contribution is 2.22. The van der Waals surface area contributed by atoms with Crippen LogP contribution in [0.4, 0.5) is 5.69 Å². The minimum atomic E-state index is -0.280. The number of carbonyl (C=O) groups is 2. The summed E-state index contributed by atoms with van der Waals surface area (Å²) in [5, 5.41) is 5.94. The molecule has 0 unspecified atom stereocenters. The van der Waals surface area contributed by atoms with Crippen molar-refractivity contribution in [3.63, 3.8) is 0 Å². The second-order valence-electron chi connectivity index (χ2n) is 4.55. The number of hydrogen-bond donors (Lipinski definition) is 2. The largest absolute Gasteiger partial charge is 0.346 e. The van der Waals surface area contributed by atoms with Gasteiger partial charge in [0.1, 0.15) is 0 Å². The predicted octanol–water partition coefficient (Wildman–Crippen LogP) is 3.95. The van der Waals surface area contributed by atoms with E-state index in [4.69, 9.17) is 11.6 Å². The van der Waals surface area contributed by atoms with Crippen LogP contribution in [0.3, 0.4) is 0 Å². The molecule has 0 saturated carbocycles. The number of para-hydroxylation sites is 1. The maximum absolute atomic E-state index is 11.8. The van der Waals surface area contributed by atoms with E-state index in [0.717, 1.165) is 9.37 Å². The van der Waals surface area contributed by atoms with E-state index in [1.54, 1.807) is 18.2 Å². The fraction of sp³-hybridized carbons (Fsp3) is 0.125. The van der Waals surface area contributed by atoms with Crippen LogP contribution >= 0.6 is 39.3 Å². The Kier molecular flexibility index (Phi) is 6.95. The van der Waals surface area contributed by atoms with Crippen LogP contribution in [-0.4, -0.2) is 24.1 Å². The number of carbonyl (C=O) groups excluding carboxylic acids is 2. The number of amides is 2. The van der Waals surface area contributed by atoms with Gasteiger partial charge >= 0.3 is 0 Å². The van der Waals surface area contributed by atoms with Crippen molar-refractivity contribution in [2.24, 2.45) is 0 Å². The van der Waals surface area contributed by atoms with Crippen LogP contribution in [0, 0.1) is 0 Å². The second-order valence-corrected chi connectivity index (χ2v) is 6.89. The zero-order chi connectivity index (χ0) is 16.7. The Balaban J connectivity index is 1.74. The van der Waals surface area contributed by atoms with Gasteiger partial charge in [-0.3, -0.25) is 9.59 Å². The van der Waals surface area contributed by atoms with E-state index in [-0.39, 0.29) is 24.1 Å². The average Bonchev–Trinajstić information content (AvgIpc) is 2.53. The number of hydrogen-bond acceptors (Lipinski definition) is 3. The van der Waals surface area contributed by atoms with Gasteiger partial charge in [-0.15, -0.1) is 11.8 Å². The van der Waals surface area contributed by atoms with Gasteiger partial charge in [-0.25, -0.2) is 0 Å². The topological polar surface area (TPSA) is 58.2 Å². The molecule has 7 heteroatoms. The van der Waals surface area contributed by atoms with Crippen LogP contribution in [-0.2, 0) is 9.59 Å². The number of nitrogens with one attached hydrogen (secondary N) is 2. The van der Waals surface area contributed by atoms with E-state index in [1.165, 1.54) is 11.8 Å². The highest BCUT2D eigenvalue weighted by molar-refractivity contribution is 9.10. The van der Waals surface area contributed by atoms with Crippen LogP contribution < -0.4 is 10.6 Å².